The van der Waals surface area contributed by atoms with Crippen LogP contribution in [0.5, 0.6) is 5.75 Å². The summed E-state index contributed by atoms with van der Waals surface area (Å²) in [6.07, 6.45) is -0.651. The highest BCUT2D eigenvalue weighted by Crippen LogP contribution is 2.23. The van der Waals surface area contributed by atoms with Crippen molar-refractivity contribution in [1.29, 1.82) is 0 Å². The van der Waals surface area contributed by atoms with Crippen molar-refractivity contribution in [3.63, 3.8) is 0 Å². The molecule has 0 saturated heterocycles. The fourth-order valence-corrected chi connectivity index (χ4v) is 3.07. The molecule has 1 heterocycles. The van der Waals surface area contributed by atoms with Gasteiger partial charge < -0.3 is 10.1 Å². The fourth-order valence-electron chi connectivity index (χ4n) is 3.07. The molecule has 1 atom stereocenters. The third-order valence-corrected chi connectivity index (χ3v) is 4.63. The first-order valence-electron chi connectivity index (χ1n) is 9.71. The second-order valence-corrected chi connectivity index (χ2v) is 6.96. The van der Waals surface area contributed by atoms with E-state index in [4.69, 9.17) is 4.74 Å². The fraction of sp³-hybridized carbons (Fsp3) is 0.125. The van der Waals surface area contributed by atoms with Crippen molar-refractivity contribution in [3.05, 3.63) is 84.7 Å². The van der Waals surface area contributed by atoms with Crippen LogP contribution in [0.25, 0.3) is 22.5 Å². The third kappa shape index (κ3) is 4.55. The standard InChI is InChI=1S/C24H22N4O2/c1-16(30-22-13-11-19(12-14-22)18-7-4-3-5-8-18)24(29)26-21-10-6-9-20(15-21)23-25-17(2)27-28-23/h3-16H,1-2H3,(H,26,29)(H,25,27,28). The number of hydrogen-bond acceptors (Lipinski definition) is 4. The van der Waals surface area contributed by atoms with E-state index in [-0.39, 0.29) is 5.91 Å². The zero-order valence-electron chi connectivity index (χ0n) is 16.8. The summed E-state index contributed by atoms with van der Waals surface area (Å²) in [5.74, 6) is 1.74. The molecular formula is C24H22N4O2. The number of anilines is 1. The Kier molecular flexibility index (Phi) is 5.57. The Balaban J connectivity index is 1.39. The third-order valence-electron chi connectivity index (χ3n) is 4.63. The predicted octanol–water partition coefficient (Wildman–Crippen LogP) is 4.85. The molecule has 2 N–H and O–H groups in total. The molecule has 6 heteroatoms. The molecule has 0 aliphatic heterocycles. The number of aromatic nitrogens is 3. The maximum Gasteiger partial charge on any atom is 0.265 e. The Morgan fingerprint density at radius 2 is 1.63 bits per heavy atom. The average molecular weight is 398 g/mol. The molecular weight excluding hydrogens is 376 g/mol. The highest BCUT2D eigenvalue weighted by Gasteiger charge is 2.15. The Labute approximate surface area is 175 Å². The summed E-state index contributed by atoms with van der Waals surface area (Å²) in [5, 5.41) is 9.86. The number of H-pyrrole nitrogens is 1. The second-order valence-electron chi connectivity index (χ2n) is 6.96. The summed E-state index contributed by atoms with van der Waals surface area (Å²) >= 11 is 0. The molecule has 0 aliphatic rings. The number of benzene rings is 3. The van der Waals surface area contributed by atoms with Gasteiger partial charge in [-0.05, 0) is 49.2 Å². The molecule has 4 aromatic rings. The van der Waals surface area contributed by atoms with Gasteiger partial charge in [0.15, 0.2) is 11.9 Å². The van der Waals surface area contributed by atoms with Crippen molar-refractivity contribution in [3.8, 4) is 28.3 Å². The summed E-state index contributed by atoms with van der Waals surface area (Å²) < 4.78 is 5.82. The van der Waals surface area contributed by atoms with Crippen molar-refractivity contribution < 1.29 is 9.53 Å². The second kappa shape index (κ2) is 8.61. The molecule has 0 aliphatic carbocycles. The van der Waals surface area contributed by atoms with Crippen molar-refractivity contribution in [1.82, 2.24) is 15.2 Å². The Morgan fingerprint density at radius 3 is 2.33 bits per heavy atom. The number of ether oxygens (including phenoxy) is 1. The molecule has 1 aromatic heterocycles. The first-order chi connectivity index (χ1) is 14.6. The maximum atomic E-state index is 12.6. The molecule has 1 unspecified atom stereocenters. The van der Waals surface area contributed by atoms with E-state index in [2.05, 4.69) is 32.6 Å². The first-order valence-corrected chi connectivity index (χ1v) is 9.71. The van der Waals surface area contributed by atoms with E-state index >= 15 is 0 Å². The van der Waals surface area contributed by atoms with Gasteiger partial charge in [-0.15, -0.1) is 0 Å². The van der Waals surface area contributed by atoms with E-state index in [1.807, 2.05) is 73.7 Å². The van der Waals surface area contributed by atoms with Crippen LogP contribution in [0.4, 0.5) is 5.69 Å². The summed E-state index contributed by atoms with van der Waals surface area (Å²) in [6.45, 7) is 3.57. The van der Waals surface area contributed by atoms with Crippen LogP contribution in [0.3, 0.4) is 0 Å². The number of aryl methyl sites for hydroxylation is 1. The largest absolute Gasteiger partial charge is 0.481 e. The zero-order chi connectivity index (χ0) is 20.9. The Morgan fingerprint density at radius 1 is 0.933 bits per heavy atom. The lowest BCUT2D eigenvalue weighted by atomic mass is 10.1. The molecule has 1 amide bonds. The van der Waals surface area contributed by atoms with Crippen LogP contribution in [-0.4, -0.2) is 27.2 Å². The number of rotatable bonds is 6. The van der Waals surface area contributed by atoms with Crippen LogP contribution in [0.2, 0.25) is 0 Å². The zero-order valence-corrected chi connectivity index (χ0v) is 16.8. The lowest BCUT2D eigenvalue weighted by Crippen LogP contribution is -2.30. The molecule has 30 heavy (non-hydrogen) atoms. The van der Waals surface area contributed by atoms with Gasteiger partial charge in [-0.25, -0.2) is 4.98 Å². The minimum Gasteiger partial charge on any atom is -0.481 e. The molecule has 0 radical (unpaired) electrons. The minimum atomic E-state index is -0.651. The van der Waals surface area contributed by atoms with Gasteiger partial charge in [0.25, 0.3) is 5.91 Å². The molecule has 6 nitrogen and oxygen atoms in total. The van der Waals surface area contributed by atoms with Crippen LogP contribution in [0.15, 0.2) is 78.9 Å². The number of nitrogens with one attached hydrogen (secondary N) is 2. The number of carbonyl (C=O) groups excluding carboxylic acids is 1. The molecule has 0 saturated carbocycles. The SMILES string of the molecule is Cc1nc(-c2cccc(NC(=O)C(C)Oc3ccc(-c4ccccc4)cc3)c2)n[nH]1. The Hall–Kier alpha value is -3.93. The van der Waals surface area contributed by atoms with Gasteiger partial charge in [0.05, 0.1) is 0 Å². The van der Waals surface area contributed by atoms with Gasteiger partial charge in [-0.2, -0.15) is 5.10 Å². The molecule has 150 valence electrons. The van der Waals surface area contributed by atoms with Crippen molar-refractivity contribution in [2.75, 3.05) is 5.32 Å². The van der Waals surface area contributed by atoms with Gasteiger partial charge in [0, 0.05) is 11.3 Å². The topological polar surface area (TPSA) is 79.9 Å². The minimum absolute atomic E-state index is 0.231. The van der Waals surface area contributed by atoms with Crippen LogP contribution >= 0.6 is 0 Å². The summed E-state index contributed by atoms with van der Waals surface area (Å²) in [7, 11) is 0. The smallest absolute Gasteiger partial charge is 0.265 e. The molecule has 4 rings (SSSR count). The van der Waals surface area contributed by atoms with Crippen LogP contribution in [0.1, 0.15) is 12.7 Å². The van der Waals surface area contributed by atoms with Gasteiger partial charge in [-0.3, -0.25) is 9.89 Å². The van der Waals surface area contributed by atoms with E-state index in [1.54, 1.807) is 6.92 Å². The lowest BCUT2D eigenvalue weighted by molar-refractivity contribution is -0.122. The molecule has 3 aromatic carbocycles. The summed E-state index contributed by atoms with van der Waals surface area (Å²) in [4.78, 5) is 16.9. The van der Waals surface area contributed by atoms with Gasteiger partial charge in [-0.1, -0.05) is 54.6 Å². The molecule has 0 spiro atoms. The maximum absolute atomic E-state index is 12.6. The highest BCUT2D eigenvalue weighted by atomic mass is 16.5. The van der Waals surface area contributed by atoms with Crippen molar-refractivity contribution >= 4 is 11.6 Å². The van der Waals surface area contributed by atoms with E-state index in [0.717, 1.165) is 22.5 Å². The average Bonchev–Trinajstić information content (AvgIpc) is 3.21. The number of hydrogen-bond donors (Lipinski definition) is 2. The summed E-state index contributed by atoms with van der Waals surface area (Å²) in [6, 6.07) is 25.2. The van der Waals surface area contributed by atoms with E-state index in [9.17, 15) is 4.79 Å². The predicted molar refractivity (Wildman–Crippen MR) is 117 cm³/mol. The summed E-state index contributed by atoms with van der Waals surface area (Å²) in [5.41, 5.74) is 3.72. The van der Waals surface area contributed by atoms with Crippen LogP contribution in [-0.2, 0) is 4.79 Å². The Bertz CT molecular complexity index is 1140. The lowest BCUT2D eigenvalue weighted by Gasteiger charge is -2.15. The number of carbonyl (C=O) groups is 1. The first kappa shape index (κ1) is 19.4. The van der Waals surface area contributed by atoms with E-state index in [0.29, 0.717) is 17.3 Å². The van der Waals surface area contributed by atoms with Crippen LogP contribution < -0.4 is 10.1 Å². The molecule has 0 bridgehead atoms. The number of aromatic amines is 1. The van der Waals surface area contributed by atoms with Crippen LogP contribution in [0, 0.1) is 6.92 Å². The van der Waals surface area contributed by atoms with Gasteiger partial charge >= 0.3 is 0 Å². The van der Waals surface area contributed by atoms with E-state index < -0.39 is 6.10 Å². The quantitative estimate of drug-likeness (QED) is 0.486. The van der Waals surface area contributed by atoms with Gasteiger partial charge in [0.1, 0.15) is 11.6 Å². The van der Waals surface area contributed by atoms with Gasteiger partial charge in [0.2, 0.25) is 0 Å². The number of amides is 1. The number of nitrogens with zero attached hydrogens (tertiary/aromatic N) is 2. The van der Waals surface area contributed by atoms with Crippen molar-refractivity contribution in [2.45, 2.75) is 20.0 Å². The highest BCUT2D eigenvalue weighted by molar-refractivity contribution is 5.94. The van der Waals surface area contributed by atoms with Crippen molar-refractivity contribution in [2.24, 2.45) is 0 Å². The molecule has 0 fully saturated rings. The monoisotopic (exact) mass is 398 g/mol. The van der Waals surface area contributed by atoms with E-state index in [1.165, 1.54) is 0 Å². The normalized spacial score (nSPS) is 11.7.